The first kappa shape index (κ1) is 14.4. The molecule has 96 valence electrons. The first-order chi connectivity index (χ1) is 8.21. The molecule has 2 N–H and O–H groups in total. The topological polar surface area (TPSA) is 35.2 Å². The van der Waals surface area contributed by atoms with E-state index in [-0.39, 0.29) is 0 Å². The highest BCUT2D eigenvalue weighted by molar-refractivity contribution is 7.98. The van der Waals surface area contributed by atoms with E-state index in [0.717, 1.165) is 23.0 Å². The first-order valence-corrected chi connectivity index (χ1v) is 7.30. The quantitative estimate of drug-likeness (QED) is 0.808. The van der Waals surface area contributed by atoms with Crippen molar-refractivity contribution in [2.45, 2.75) is 32.6 Å². The van der Waals surface area contributed by atoms with E-state index in [9.17, 15) is 0 Å². The Morgan fingerprint density at radius 1 is 1.41 bits per heavy atom. The van der Waals surface area contributed by atoms with Gasteiger partial charge in [0.05, 0.1) is 7.11 Å². The molecule has 0 aromatic heterocycles. The first-order valence-electron chi connectivity index (χ1n) is 6.14. The second kappa shape index (κ2) is 7.62. The van der Waals surface area contributed by atoms with Crippen molar-refractivity contribution in [1.29, 1.82) is 0 Å². The van der Waals surface area contributed by atoms with Crippen LogP contribution in [0, 0.1) is 5.92 Å². The summed E-state index contributed by atoms with van der Waals surface area (Å²) >= 11 is 1.98. The third-order valence-corrected chi connectivity index (χ3v) is 4.28. The molecule has 0 radical (unpaired) electrons. The van der Waals surface area contributed by atoms with E-state index in [1.165, 1.54) is 17.7 Å². The molecule has 1 aromatic carbocycles. The number of methoxy groups -OCH3 is 1. The van der Waals surface area contributed by atoms with Crippen LogP contribution in [0.1, 0.15) is 31.4 Å². The summed E-state index contributed by atoms with van der Waals surface area (Å²) in [6.45, 7) is 5.07. The molecule has 0 amide bonds. The molecule has 1 aromatic rings. The van der Waals surface area contributed by atoms with Gasteiger partial charge in [0, 0.05) is 17.9 Å². The fourth-order valence-electron chi connectivity index (χ4n) is 1.54. The summed E-state index contributed by atoms with van der Waals surface area (Å²) in [5.74, 6) is 3.97. The molecule has 0 aliphatic carbocycles. The Labute approximate surface area is 109 Å². The van der Waals surface area contributed by atoms with Crippen molar-refractivity contribution in [3.63, 3.8) is 0 Å². The zero-order valence-electron chi connectivity index (χ0n) is 11.0. The van der Waals surface area contributed by atoms with Crippen LogP contribution in [0.25, 0.3) is 0 Å². The normalized spacial score (nSPS) is 12.5. The predicted octanol–water partition coefficient (Wildman–Crippen LogP) is 3.43. The number of ether oxygens (including phenoxy) is 1. The van der Waals surface area contributed by atoms with Gasteiger partial charge in [-0.2, -0.15) is 11.8 Å². The lowest BCUT2D eigenvalue weighted by atomic mass is 10.1. The molecule has 0 bridgehead atoms. The number of nitrogens with two attached hydrogens (primary N) is 1. The maximum absolute atomic E-state index is 5.65. The van der Waals surface area contributed by atoms with Gasteiger partial charge in [-0.05, 0) is 23.3 Å². The largest absolute Gasteiger partial charge is 0.496 e. The SMILES string of the molecule is CCC(C)CSCc1ccc(CN)c(OC)c1. The lowest BCUT2D eigenvalue weighted by molar-refractivity contribution is 0.409. The molecule has 1 unspecified atom stereocenters. The summed E-state index contributed by atoms with van der Waals surface area (Å²) in [6, 6.07) is 6.32. The van der Waals surface area contributed by atoms with Gasteiger partial charge in [0.25, 0.3) is 0 Å². The zero-order valence-corrected chi connectivity index (χ0v) is 11.8. The van der Waals surface area contributed by atoms with Gasteiger partial charge in [0.1, 0.15) is 5.75 Å². The van der Waals surface area contributed by atoms with Crippen molar-refractivity contribution >= 4 is 11.8 Å². The van der Waals surface area contributed by atoms with Crippen LogP contribution in [0.4, 0.5) is 0 Å². The molecule has 3 heteroatoms. The van der Waals surface area contributed by atoms with E-state index >= 15 is 0 Å². The maximum atomic E-state index is 5.65. The highest BCUT2D eigenvalue weighted by Gasteiger charge is 2.04. The molecule has 17 heavy (non-hydrogen) atoms. The monoisotopic (exact) mass is 253 g/mol. The minimum Gasteiger partial charge on any atom is -0.496 e. The smallest absolute Gasteiger partial charge is 0.123 e. The third-order valence-electron chi connectivity index (χ3n) is 2.94. The fourth-order valence-corrected chi connectivity index (χ4v) is 2.71. The van der Waals surface area contributed by atoms with E-state index in [4.69, 9.17) is 10.5 Å². The number of hydrogen-bond acceptors (Lipinski definition) is 3. The molecule has 1 rings (SSSR count). The van der Waals surface area contributed by atoms with Crippen LogP contribution in [0.5, 0.6) is 5.75 Å². The Morgan fingerprint density at radius 3 is 2.76 bits per heavy atom. The predicted molar refractivity (Wildman–Crippen MR) is 76.5 cm³/mol. The molecule has 2 nitrogen and oxygen atoms in total. The summed E-state index contributed by atoms with van der Waals surface area (Å²) in [5.41, 5.74) is 8.03. The summed E-state index contributed by atoms with van der Waals surface area (Å²) in [7, 11) is 1.70. The van der Waals surface area contributed by atoms with Gasteiger partial charge in [-0.15, -0.1) is 0 Å². The summed E-state index contributed by atoms with van der Waals surface area (Å²) in [5, 5.41) is 0. The molecule has 0 heterocycles. The highest BCUT2D eigenvalue weighted by Crippen LogP contribution is 2.23. The van der Waals surface area contributed by atoms with Crippen LogP contribution in [0.3, 0.4) is 0 Å². The molecule has 0 fully saturated rings. The number of benzene rings is 1. The van der Waals surface area contributed by atoms with Gasteiger partial charge in [-0.3, -0.25) is 0 Å². The van der Waals surface area contributed by atoms with Crippen molar-refractivity contribution in [2.24, 2.45) is 11.7 Å². The fraction of sp³-hybridized carbons (Fsp3) is 0.571. The van der Waals surface area contributed by atoms with Gasteiger partial charge >= 0.3 is 0 Å². The van der Waals surface area contributed by atoms with Crippen molar-refractivity contribution in [1.82, 2.24) is 0 Å². The number of thioether (sulfide) groups is 1. The highest BCUT2D eigenvalue weighted by atomic mass is 32.2. The standard InChI is InChI=1S/C14H23NOS/c1-4-11(2)9-17-10-12-5-6-13(8-15)14(7-12)16-3/h5-7,11H,4,8-10,15H2,1-3H3. The van der Waals surface area contributed by atoms with E-state index in [1.54, 1.807) is 7.11 Å². The van der Waals surface area contributed by atoms with Gasteiger partial charge in [0.15, 0.2) is 0 Å². The maximum Gasteiger partial charge on any atom is 0.123 e. The second-order valence-corrected chi connectivity index (χ2v) is 5.41. The Bertz CT molecular complexity index is 341. The van der Waals surface area contributed by atoms with E-state index < -0.39 is 0 Å². The zero-order chi connectivity index (χ0) is 12.7. The van der Waals surface area contributed by atoms with Crippen molar-refractivity contribution in [3.05, 3.63) is 29.3 Å². The van der Waals surface area contributed by atoms with Crippen LogP contribution in [-0.4, -0.2) is 12.9 Å². The van der Waals surface area contributed by atoms with Crippen LogP contribution < -0.4 is 10.5 Å². The summed E-state index contributed by atoms with van der Waals surface area (Å²) in [4.78, 5) is 0. The van der Waals surface area contributed by atoms with Gasteiger partial charge in [-0.25, -0.2) is 0 Å². The molecule has 0 aliphatic heterocycles. The second-order valence-electron chi connectivity index (χ2n) is 4.38. The summed E-state index contributed by atoms with van der Waals surface area (Å²) in [6.07, 6.45) is 1.25. The Hall–Kier alpha value is -0.670. The van der Waals surface area contributed by atoms with Crippen molar-refractivity contribution < 1.29 is 4.74 Å². The minimum atomic E-state index is 0.531. The number of hydrogen-bond donors (Lipinski definition) is 1. The van der Waals surface area contributed by atoms with Gasteiger partial charge in [-0.1, -0.05) is 32.4 Å². The Balaban J connectivity index is 2.54. The van der Waals surface area contributed by atoms with Crippen LogP contribution >= 0.6 is 11.8 Å². The molecule has 0 saturated heterocycles. The molecular formula is C14H23NOS. The average Bonchev–Trinajstić information content (AvgIpc) is 2.38. The molecule has 0 aliphatic rings. The Morgan fingerprint density at radius 2 is 2.18 bits per heavy atom. The van der Waals surface area contributed by atoms with Crippen molar-refractivity contribution in [3.8, 4) is 5.75 Å². The lowest BCUT2D eigenvalue weighted by Crippen LogP contribution is -2.00. The third kappa shape index (κ3) is 4.60. The minimum absolute atomic E-state index is 0.531. The average molecular weight is 253 g/mol. The molecule has 0 spiro atoms. The number of rotatable bonds is 7. The van der Waals surface area contributed by atoms with E-state index in [2.05, 4.69) is 32.0 Å². The van der Waals surface area contributed by atoms with Crippen LogP contribution in [-0.2, 0) is 12.3 Å². The lowest BCUT2D eigenvalue weighted by Gasteiger charge is -2.10. The van der Waals surface area contributed by atoms with Gasteiger partial charge < -0.3 is 10.5 Å². The Kier molecular flexibility index (Phi) is 6.45. The van der Waals surface area contributed by atoms with Gasteiger partial charge in [0.2, 0.25) is 0 Å². The molecular weight excluding hydrogens is 230 g/mol. The van der Waals surface area contributed by atoms with E-state index in [1.807, 2.05) is 11.8 Å². The summed E-state index contributed by atoms with van der Waals surface area (Å²) < 4.78 is 5.34. The van der Waals surface area contributed by atoms with E-state index in [0.29, 0.717) is 6.54 Å². The van der Waals surface area contributed by atoms with Crippen LogP contribution in [0.2, 0.25) is 0 Å². The molecule has 1 atom stereocenters. The van der Waals surface area contributed by atoms with Crippen LogP contribution in [0.15, 0.2) is 18.2 Å². The molecule has 0 saturated carbocycles. The van der Waals surface area contributed by atoms with Crippen molar-refractivity contribution in [2.75, 3.05) is 12.9 Å².